The van der Waals surface area contributed by atoms with Crippen molar-refractivity contribution in [1.29, 1.82) is 0 Å². The maximum Gasteiger partial charge on any atom is 0.434 e. The van der Waals surface area contributed by atoms with E-state index in [1.165, 1.54) is 11.1 Å². The van der Waals surface area contributed by atoms with Crippen LogP contribution in [0.2, 0.25) is 0 Å². The van der Waals surface area contributed by atoms with E-state index in [-0.39, 0.29) is 12.7 Å². The van der Waals surface area contributed by atoms with E-state index in [0.717, 1.165) is 10.0 Å². The van der Waals surface area contributed by atoms with Gasteiger partial charge in [-0.15, -0.1) is 0 Å². The molecule has 3 amide bonds. The molecule has 0 aromatic heterocycles. The number of carbonyl (C=O) groups is 3. The molecule has 0 aromatic carbocycles. The maximum absolute atomic E-state index is 12.7. The average molecular weight is 367 g/mol. The summed E-state index contributed by atoms with van der Waals surface area (Å²) >= 11 is 0. The molecule has 2 saturated heterocycles. The van der Waals surface area contributed by atoms with Crippen molar-refractivity contribution in [2.24, 2.45) is 0 Å². The number of amides is 3. The number of rotatable bonds is 3. The standard InChI is InChI=1S/C17H25N3O6/c1-11(2)25-16(22)19-13(5)6-7-14(10-18-8-9-24-15(18)21)20(19)17(23)26-12(3)4/h10-12H,5-9H2,1-4H3/b14-10+. The van der Waals surface area contributed by atoms with Crippen molar-refractivity contribution >= 4 is 18.3 Å². The third kappa shape index (κ3) is 4.47. The highest BCUT2D eigenvalue weighted by Gasteiger charge is 2.38. The average Bonchev–Trinajstić information content (AvgIpc) is 2.92. The van der Waals surface area contributed by atoms with Gasteiger partial charge in [-0.1, -0.05) is 6.58 Å². The van der Waals surface area contributed by atoms with Crippen LogP contribution in [0.15, 0.2) is 24.2 Å². The summed E-state index contributed by atoms with van der Waals surface area (Å²) in [7, 11) is 0. The molecule has 9 nitrogen and oxygen atoms in total. The molecule has 0 bridgehead atoms. The number of nitrogens with zero attached hydrogens (tertiary/aromatic N) is 3. The van der Waals surface area contributed by atoms with Crippen molar-refractivity contribution in [1.82, 2.24) is 14.9 Å². The second kappa shape index (κ2) is 8.11. The highest BCUT2D eigenvalue weighted by molar-refractivity contribution is 5.78. The monoisotopic (exact) mass is 367 g/mol. The Balaban J connectivity index is 2.37. The van der Waals surface area contributed by atoms with Gasteiger partial charge >= 0.3 is 18.3 Å². The van der Waals surface area contributed by atoms with Crippen LogP contribution in [0.4, 0.5) is 14.4 Å². The van der Waals surface area contributed by atoms with E-state index in [9.17, 15) is 14.4 Å². The fourth-order valence-corrected chi connectivity index (χ4v) is 2.49. The first-order chi connectivity index (χ1) is 12.2. The van der Waals surface area contributed by atoms with E-state index in [2.05, 4.69) is 6.58 Å². The molecule has 2 heterocycles. The molecule has 0 saturated carbocycles. The van der Waals surface area contributed by atoms with Gasteiger partial charge in [0.05, 0.1) is 24.4 Å². The third-order valence-electron chi connectivity index (χ3n) is 3.56. The van der Waals surface area contributed by atoms with Crippen molar-refractivity contribution in [2.75, 3.05) is 13.2 Å². The minimum Gasteiger partial charge on any atom is -0.447 e. The zero-order valence-corrected chi connectivity index (χ0v) is 15.6. The van der Waals surface area contributed by atoms with Gasteiger partial charge in [0.25, 0.3) is 0 Å². The number of cyclic esters (lactones) is 1. The summed E-state index contributed by atoms with van der Waals surface area (Å²) in [5.41, 5.74) is 0.820. The first kappa shape index (κ1) is 19.6. The number of hydrogen-bond acceptors (Lipinski definition) is 6. The van der Waals surface area contributed by atoms with Gasteiger partial charge in [-0.05, 0) is 40.5 Å². The van der Waals surface area contributed by atoms with Crippen molar-refractivity contribution in [3.05, 3.63) is 24.2 Å². The predicted octanol–water partition coefficient (Wildman–Crippen LogP) is 3.20. The summed E-state index contributed by atoms with van der Waals surface area (Å²) in [5.74, 6) is 0. The van der Waals surface area contributed by atoms with Crippen molar-refractivity contribution in [3.8, 4) is 0 Å². The fraction of sp³-hybridized carbons (Fsp3) is 0.588. The maximum atomic E-state index is 12.7. The van der Waals surface area contributed by atoms with E-state index < -0.39 is 24.4 Å². The second-order valence-corrected chi connectivity index (χ2v) is 6.48. The zero-order chi connectivity index (χ0) is 19.4. The lowest BCUT2D eigenvalue weighted by molar-refractivity contribution is -0.0129. The van der Waals surface area contributed by atoms with E-state index >= 15 is 0 Å². The molecule has 0 spiro atoms. The molecule has 0 unspecified atom stereocenters. The van der Waals surface area contributed by atoms with Crippen molar-refractivity contribution in [3.63, 3.8) is 0 Å². The molecule has 2 fully saturated rings. The summed E-state index contributed by atoms with van der Waals surface area (Å²) in [6.07, 6.45) is -0.427. The molecular formula is C17H25N3O6. The molecule has 0 atom stereocenters. The van der Waals surface area contributed by atoms with E-state index in [1.807, 2.05) is 0 Å². The van der Waals surface area contributed by atoms with Crippen LogP contribution < -0.4 is 0 Å². The lowest BCUT2D eigenvalue weighted by Crippen LogP contribution is -2.52. The van der Waals surface area contributed by atoms with Gasteiger partial charge in [-0.2, -0.15) is 10.0 Å². The Kier molecular flexibility index (Phi) is 6.12. The first-order valence-corrected chi connectivity index (χ1v) is 8.54. The van der Waals surface area contributed by atoms with Gasteiger partial charge in [-0.25, -0.2) is 14.4 Å². The lowest BCUT2D eigenvalue weighted by Gasteiger charge is -2.40. The molecular weight excluding hydrogens is 342 g/mol. The van der Waals surface area contributed by atoms with E-state index in [0.29, 0.717) is 30.8 Å². The lowest BCUT2D eigenvalue weighted by atomic mass is 10.1. The second-order valence-electron chi connectivity index (χ2n) is 6.48. The fourth-order valence-electron chi connectivity index (χ4n) is 2.49. The zero-order valence-electron chi connectivity index (χ0n) is 15.6. The molecule has 0 aromatic rings. The van der Waals surface area contributed by atoms with Crippen LogP contribution in [0.3, 0.4) is 0 Å². The van der Waals surface area contributed by atoms with Crippen LogP contribution in [0.1, 0.15) is 40.5 Å². The number of allylic oxidation sites excluding steroid dienone is 2. The van der Waals surface area contributed by atoms with E-state index in [4.69, 9.17) is 14.2 Å². The third-order valence-corrected chi connectivity index (χ3v) is 3.56. The summed E-state index contributed by atoms with van der Waals surface area (Å²) in [4.78, 5) is 38.3. The first-order valence-electron chi connectivity index (χ1n) is 8.54. The molecule has 2 rings (SSSR count). The molecule has 144 valence electrons. The molecule has 0 aliphatic carbocycles. The molecule has 0 radical (unpaired) electrons. The van der Waals surface area contributed by atoms with Crippen LogP contribution in [-0.4, -0.2) is 58.6 Å². The van der Waals surface area contributed by atoms with Crippen LogP contribution in [0.5, 0.6) is 0 Å². The molecule has 9 heteroatoms. The van der Waals surface area contributed by atoms with Gasteiger partial charge in [0.2, 0.25) is 0 Å². The van der Waals surface area contributed by atoms with Crippen molar-refractivity contribution in [2.45, 2.75) is 52.7 Å². The molecule has 26 heavy (non-hydrogen) atoms. The number of hydrazine groups is 1. The van der Waals surface area contributed by atoms with Crippen LogP contribution in [-0.2, 0) is 14.2 Å². The van der Waals surface area contributed by atoms with Gasteiger partial charge in [-0.3, -0.25) is 4.90 Å². The normalized spacial score (nSPS) is 19.5. The Morgan fingerprint density at radius 1 is 1.08 bits per heavy atom. The topological polar surface area (TPSA) is 88.6 Å². The number of carbonyl (C=O) groups excluding carboxylic acids is 3. The summed E-state index contributed by atoms with van der Waals surface area (Å²) in [6.45, 7) is 11.3. The summed E-state index contributed by atoms with van der Waals surface area (Å²) < 4.78 is 15.4. The predicted molar refractivity (Wildman–Crippen MR) is 91.4 cm³/mol. The van der Waals surface area contributed by atoms with E-state index in [1.54, 1.807) is 27.7 Å². The Labute approximate surface area is 152 Å². The van der Waals surface area contributed by atoms with Gasteiger partial charge in [0.1, 0.15) is 6.61 Å². The summed E-state index contributed by atoms with van der Waals surface area (Å²) in [6, 6.07) is 0. The largest absolute Gasteiger partial charge is 0.447 e. The minimum atomic E-state index is -0.750. The summed E-state index contributed by atoms with van der Waals surface area (Å²) in [5, 5.41) is 2.13. The highest BCUT2D eigenvalue weighted by Crippen LogP contribution is 2.31. The Morgan fingerprint density at radius 3 is 2.15 bits per heavy atom. The van der Waals surface area contributed by atoms with Gasteiger partial charge < -0.3 is 14.2 Å². The quantitative estimate of drug-likeness (QED) is 0.712. The van der Waals surface area contributed by atoms with Crippen molar-refractivity contribution < 1.29 is 28.6 Å². The Bertz CT molecular complexity index is 628. The molecule has 0 N–H and O–H groups in total. The van der Waals surface area contributed by atoms with Crippen LogP contribution in [0.25, 0.3) is 0 Å². The highest BCUT2D eigenvalue weighted by atomic mass is 16.6. The van der Waals surface area contributed by atoms with Crippen LogP contribution >= 0.6 is 0 Å². The number of ether oxygens (including phenoxy) is 3. The number of hydrogen-bond donors (Lipinski definition) is 0. The molecule has 2 aliphatic rings. The Morgan fingerprint density at radius 2 is 1.65 bits per heavy atom. The van der Waals surface area contributed by atoms with Gasteiger partial charge in [0.15, 0.2) is 0 Å². The Hall–Kier alpha value is -2.71. The van der Waals surface area contributed by atoms with Crippen LogP contribution in [0, 0.1) is 0 Å². The smallest absolute Gasteiger partial charge is 0.434 e. The SMILES string of the molecule is C=C1CC/C(=C\N2CCOC2=O)N(C(=O)OC(C)C)N1C(=O)OC(C)C. The minimum absolute atomic E-state index is 0.269. The van der Waals surface area contributed by atoms with Gasteiger partial charge in [0, 0.05) is 11.9 Å². The molecule has 2 aliphatic heterocycles.